The largest absolute Gasteiger partial charge is 0.504 e. The van der Waals surface area contributed by atoms with Crippen LogP contribution in [0.1, 0.15) is 48.2 Å². The first kappa shape index (κ1) is 20.7. The van der Waals surface area contributed by atoms with E-state index in [0.717, 1.165) is 55.4 Å². The average molecular weight is 402 g/mol. The minimum Gasteiger partial charge on any atom is -0.504 e. The van der Waals surface area contributed by atoms with Crippen LogP contribution in [-0.4, -0.2) is 30.3 Å². The third-order valence-electron chi connectivity index (χ3n) is 5.26. The molecule has 4 N–H and O–H groups in total. The number of allylic oxidation sites excluding steroid dienone is 1. The van der Waals surface area contributed by atoms with Gasteiger partial charge in [0.2, 0.25) is 0 Å². The highest BCUT2D eigenvalue weighted by molar-refractivity contribution is 7.15. The number of nitrogens with one attached hydrogen (secondary N) is 1. The predicted octanol–water partition coefficient (Wildman–Crippen LogP) is 4.41. The van der Waals surface area contributed by atoms with E-state index in [1.54, 1.807) is 24.5 Å². The number of nitrogen functional groups attached to an aromatic ring is 1. The number of nitrogens with zero attached hydrogens (tertiary/aromatic N) is 1. The van der Waals surface area contributed by atoms with E-state index in [1.807, 2.05) is 12.1 Å². The van der Waals surface area contributed by atoms with Gasteiger partial charge in [-0.05, 0) is 81.6 Å². The Morgan fingerprint density at radius 3 is 3.07 bits per heavy atom. The van der Waals surface area contributed by atoms with E-state index in [9.17, 15) is 5.11 Å². The number of hydrogen-bond donors (Lipinski definition) is 3. The molecule has 0 saturated carbocycles. The number of aromatic hydroxyl groups is 1. The number of phenolic OH excluding ortho intramolecular Hbond substituents is 1. The Morgan fingerprint density at radius 1 is 1.36 bits per heavy atom. The smallest absolute Gasteiger partial charge is 0.180 e. The van der Waals surface area contributed by atoms with Gasteiger partial charge in [0.25, 0.3) is 0 Å². The van der Waals surface area contributed by atoms with Crippen molar-refractivity contribution in [3.05, 3.63) is 40.4 Å². The van der Waals surface area contributed by atoms with Gasteiger partial charge in [0.15, 0.2) is 16.6 Å². The number of aryl methyl sites for hydroxylation is 1. The molecule has 0 radical (unpaired) electrons. The Balaban J connectivity index is 1.24. The zero-order valence-corrected chi connectivity index (χ0v) is 17.4. The lowest BCUT2D eigenvalue weighted by Crippen LogP contribution is -2.19. The number of phenols is 1. The van der Waals surface area contributed by atoms with Crippen molar-refractivity contribution in [2.24, 2.45) is 5.92 Å². The molecule has 1 aromatic carbocycles. The maximum atomic E-state index is 9.61. The van der Waals surface area contributed by atoms with Gasteiger partial charge >= 0.3 is 0 Å². The molecule has 5 nitrogen and oxygen atoms in total. The maximum Gasteiger partial charge on any atom is 0.180 e. The van der Waals surface area contributed by atoms with Crippen molar-refractivity contribution in [1.82, 2.24) is 10.3 Å². The molecule has 0 saturated heterocycles. The van der Waals surface area contributed by atoms with Crippen LogP contribution < -0.4 is 15.8 Å². The fourth-order valence-corrected chi connectivity index (χ4v) is 4.71. The summed E-state index contributed by atoms with van der Waals surface area (Å²) >= 11 is 1.68. The highest BCUT2D eigenvalue weighted by atomic mass is 32.1. The Kier molecular flexibility index (Phi) is 7.74. The molecule has 1 unspecified atom stereocenters. The summed E-state index contributed by atoms with van der Waals surface area (Å²) in [4.78, 5) is 5.84. The molecule has 0 spiro atoms. The van der Waals surface area contributed by atoms with Crippen molar-refractivity contribution in [1.29, 1.82) is 0 Å². The summed E-state index contributed by atoms with van der Waals surface area (Å²) in [6.07, 6.45) is 12.4. The Morgan fingerprint density at radius 2 is 2.21 bits per heavy atom. The monoisotopic (exact) mass is 401 g/mol. The summed E-state index contributed by atoms with van der Waals surface area (Å²) in [5.41, 5.74) is 8.11. The van der Waals surface area contributed by atoms with Gasteiger partial charge in [0, 0.05) is 4.88 Å². The van der Waals surface area contributed by atoms with Crippen molar-refractivity contribution < 1.29 is 9.84 Å². The molecule has 28 heavy (non-hydrogen) atoms. The molecule has 1 aliphatic carbocycles. The van der Waals surface area contributed by atoms with Gasteiger partial charge in [-0.3, -0.25) is 0 Å². The van der Waals surface area contributed by atoms with Gasteiger partial charge < -0.3 is 20.9 Å². The third-order valence-corrected chi connectivity index (χ3v) is 6.21. The van der Waals surface area contributed by atoms with Gasteiger partial charge in [0.1, 0.15) is 0 Å². The van der Waals surface area contributed by atoms with Crippen LogP contribution in [0.4, 0.5) is 5.13 Å². The molecule has 152 valence electrons. The van der Waals surface area contributed by atoms with Crippen LogP contribution in [0.5, 0.6) is 11.5 Å². The molecule has 0 bridgehead atoms. The number of aromatic nitrogens is 1. The lowest BCUT2D eigenvalue weighted by atomic mass is 9.88. The quantitative estimate of drug-likeness (QED) is 0.514. The minimum absolute atomic E-state index is 0.175. The highest BCUT2D eigenvalue weighted by Crippen LogP contribution is 2.32. The number of unbranched alkanes of at least 4 members (excludes halogenated alkanes) is 1. The van der Waals surface area contributed by atoms with E-state index in [4.69, 9.17) is 10.5 Å². The van der Waals surface area contributed by atoms with Gasteiger partial charge in [-0.2, -0.15) is 0 Å². The molecule has 2 aromatic rings. The number of methoxy groups -OCH3 is 1. The molecule has 1 heterocycles. The second kappa shape index (κ2) is 10.5. The molecule has 1 aliphatic rings. The van der Waals surface area contributed by atoms with Crippen LogP contribution in [0.15, 0.2) is 24.3 Å². The van der Waals surface area contributed by atoms with E-state index in [1.165, 1.54) is 29.8 Å². The van der Waals surface area contributed by atoms with Crippen LogP contribution in [0.2, 0.25) is 0 Å². The standard InChI is InChI=1S/C22H31N3O2S/c1-27-20-14-16(9-11-19(20)26)6-3-2-4-12-24-13-5-7-17-8-10-18-21(15-17)28-22(23)25-18/h3,6,9,11,14,17,24,26H,2,4-5,7-8,10,12-13,15H2,1H3,(H2,23,25)/b6-3+. The van der Waals surface area contributed by atoms with E-state index in [0.29, 0.717) is 5.75 Å². The van der Waals surface area contributed by atoms with Gasteiger partial charge in [0.05, 0.1) is 12.8 Å². The fourth-order valence-electron chi connectivity index (χ4n) is 3.71. The van der Waals surface area contributed by atoms with E-state index >= 15 is 0 Å². The van der Waals surface area contributed by atoms with Crippen molar-refractivity contribution in [3.8, 4) is 11.5 Å². The number of hydrogen-bond acceptors (Lipinski definition) is 6. The van der Waals surface area contributed by atoms with Crippen molar-refractivity contribution in [2.75, 3.05) is 25.9 Å². The summed E-state index contributed by atoms with van der Waals surface area (Å²) in [7, 11) is 1.56. The van der Waals surface area contributed by atoms with E-state index in [-0.39, 0.29) is 5.75 Å². The van der Waals surface area contributed by atoms with E-state index in [2.05, 4.69) is 22.5 Å². The minimum atomic E-state index is 0.175. The fraction of sp³-hybridized carbons (Fsp3) is 0.500. The molecule has 1 atom stereocenters. The van der Waals surface area contributed by atoms with Crippen LogP contribution in [0.25, 0.3) is 6.08 Å². The van der Waals surface area contributed by atoms with Crippen molar-refractivity contribution >= 4 is 22.5 Å². The van der Waals surface area contributed by atoms with Crippen molar-refractivity contribution in [3.63, 3.8) is 0 Å². The summed E-state index contributed by atoms with van der Waals surface area (Å²) in [6, 6.07) is 5.40. The zero-order valence-electron chi connectivity index (χ0n) is 16.6. The maximum absolute atomic E-state index is 9.61. The summed E-state index contributed by atoms with van der Waals surface area (Å²) in [6.45, 7) is 2.14. The molecule has 0 amide bonds. The Hall–Kier alpha value is -2.05. The summed E-state index contributed by atoms with van der Waals surface area (Å²) in [5.74, 6) is 1.48. The molecule has 0 aliphatic heterocycles. The molecule has 0 fully saturated rings. The summed E-state index contributed by atoms with van der Waals surface area (Å²) < 4.78 is 5.13. The molecule has 3 rings (SSSR count). The Bertz CT molecular complexity index is 788. The summed E-state index contributed by atoms with van der Waals surface area (Å²) in [5, 5.41) is 13.9. The SMILES string of the molecule is COc1cc(/C=C/CCCNCCCC2CCc3nc(N)sc3C2)ccc1O. The number of anilines is 1. The lowest BCUT2D eigenvalue weighted by molar-refractivity contribution is 0.373. The number of thiazole rings is 1. The number of rotatable bonds is 10. The number of nitrogens with two attached hydrogens (primary N) is 1. The molecule has 1 aromatic heterocycles. The van der Waals surface area contributed by atoms with Crippen LogP contribution in [-0.2, 0) is 12.8 Å². The number of benzene rings is 1. The van der Waals surface area contributed by atoms with Crippen molar-refractivity contribution in [2.45, 2.75) is 44.9 Å². The first-order chi connectivity index (χ1) is 13.7. The second-order valence-electron chi connectivity index (χ2n) is 7.40. The number of fused-ring (bicyclic) bond motifs is 1. The van der Waals surface area contributed by atoms with Gasteiger partial charge in [-0.1, -0.05) is 18.2 Å². The number of ether oxygens (including phenoxy) is 1. The normalized spacial score (nSPS) is 16.4. The first-order valence-corrected chi connectivity index (χ1v) is 11.0. The van der Waals surface area contributed by atoms with Crippen LogP contribution >= 0.6 is 11.3 Å². The third kappa shape index (κ3) is 5.97. The zero-order chi connectivity index (χ0) is 19.8. The van der Waals surface area contributed by atoms with Gasteiger partial charge in [-0.15, -0.1) is 11.3 Å². The van der Waals surface area contributed by atoms with Gasteiger partial charge in [-0.25, -0.2) is 4.98 Å². The lowest BCUT2D eigenvalue weighted by Gasteiger charge is -2.20. The first-order valence-electron chi connectivity index (χ1n) is 10.1. The highest BCUT2D eigenvalue weighted by Gasteiger charge is 2.21. The average Bonchev–Trinajstić information content (AvgIpc) is 3.07. The van der Waals surface area contributed by atoms with E-state index < -0.39 is 0 Å². The molecular formula is C22H31N3O2S. The molecular weight excluding hydrogens is 370 g/mol. The topological polar surface area (TPSA) is 80.4 Å². The van der Waals surface area contributed by atoms with Crippen LogP contribution in [0, 0.1) is 5.92 Å². The Labute approximate surface area is 171 Å². The van der Waals surface area contributed by atoms with Crippen LogP contribution in [0.3, 0.4) is 0 Å². The molecule has 6 heteroatoms. The second-order valence-corrected chi connectivity index (χ2v) is 8.51. The predicted molar refractivity (Wildman–Crippen MR) is 117 cm³/mol.